The summed E-state index contributed by atoms with van der Waals surface area (Å²) in [6.07, 6.45) is 0. The fourth-order valence-corrected chi connectivity index (χ4v) is 1.44. The van der Waals surface area contributed by atoms with Crippen LogP contribution in [0.15, 0.2) is 12.1 Å². The molecule has 0 aliphatic carbocycles. The normalized spacial score (nSPS) is 12.0. The molecule has 0 spiro atoms. The minimum Gasteiger partial charge on any atom is -0.480 e. The second-order valence-corrected chi connectivity index (χ2v) is 4.13. The first kappa shape index (κ1) is 13.9. The van der Waals surface area contributed by atoms with Crippen molar-refractivity contribution in [3.05, 3.63) is 29.3 Å². The van der Waals surface area contributed by atoms with E-state index in [4.69, 9.17) is 10.4 Å². The molecule has 0 radical (unpaired) electrons. The van der Waals surface area contributed by atoms with E-state index >= 15 is 0 Å². The summed E-state index contributed by atoms with van der Waals surface area (Å²) in [5, 5.41) is 19.8. The summed E-state index contributed by atoms with van der Waals surface area (Å²) in [7, 11) is 0. The quantitative estimate of drug-likeness (QED) is 0.865. The van der Waals surface area contributed by atoms with Crippen molar-refractivity contribution >= 4 is 11.7 Å². The van der Waals surface area contributed by atoms with Gasteiger partial charge in [-0.05, 0) is 18.1 Å². The van der Waals surface area contributed by atoms with Gasteiger partial charge in [0, 0.05) is 0 Å². The molecule has 1 unspecified atom stereocenters. The third-order valence-corrected chi connectivity index (χ3v) is 2.40. The lowest BCUT2D eigenvalue weighted by Crippen LogP contribution is -2.35. The molecule has 0 fully saturated rings. The minimum atomic E-state index is -1.20. The Morgan fingerprint density at radius 3 is 2.22 bits per heavy atom. The van der Waals surface area contributed by atoms with Gasteiger partial charge in [-0.2, -0.15) is 5.26 Å². The highest BCUT2D eigenvalue weighted by Gasteiger charge is 2.24. The van der Waals surface area contributed by atoms with Gasteiger partial charge >= 0.3 is 5.97 Å². The summed E-state index contributed by atoms with van der Waals surface area (Å²) >= 11 is 0. The molecule has 0 aliphatic heterocycles. The second kappa shape index (κ2) is 5.45. The number of aliphatic carboxylic acids is 1. The average molecular weight is 254 g/mol. The molecule has 0 aliphatic rings. The number of anilines is 1. The zero-order chi connectivity index (χ0) is 13.9. The van der Waals surface area contributed by atoms with Gasteiger partial charge in [0.05, 0.1) is 11.6 Å². The number of nitrogens with one attached hydrogen (secondary N) is 1. The highest BCUT2D eigenvalue weighted by atomic mass is 19.1. The SMILES string of the molecule is CC(C)C(Nc1c(F)cc(C#N)cc1F)C(=O)O. The van der Waals surface area contributed by atoms with Crippen LogP contribution in [-0.2, 0) is 4.79 Å². The van der Waals surface area contributed by atoms with E-state index in [9.17, 15) is 13.6 Å². The van der Waals surface area contributed by atoms with Gasteiger partial charge in [-0.15, -0.1) is 0 Å². The van der Waals surface area contributed by atoms with Crippen LogP contribution in [0.5, 0.6) is 0 Å². The largest absolute Gasteiger partial charge is 0.480 e. The molecule has 0 aromatic heterocycles. The van der Waals surface area contributed by atoms with Crippen LogP contribution in [0.1, 0.15) is 19.4 Å². The van der Waals surface area contributed by atoms with Gasteiger partial charge < -0.3 is 10.4 Å². The molecule has 6 heteroatoms. The van der Waals surface area contributed by atoms with E-state index in [-0.39, 0.29) is 11.5 Å². The number of hydrogen-bond donors (Lipinski definition) is 2. The Morgan fingerprint density at radius 2 is 1.89 bits per heavy atom. The molecule has 1 aromatic carbocycles. The van der Waals surface area contributed by atoms with Gasteiger partial charge in [-0.3, -0.25) is 0 Å². The van der Waals surface area contributed by atoms with Crippen molar-refractivity contribution in [2.75, 3.05) is 5.32 Å². The molecule has 0 bridgehead atoms. The summed E-state index contributed by atoms with van der Waals surface area (Å²) in [5.74, 6) is -3.53. The molecule has 1 atom stereocenters. The first-order valence-corrected chi connectivity index (χ1v) is 5.25. The van der Waals surface area contributed by atoms with E-state index in [1.54, 1.807) is 19.9 Å². The Balaban J connectivity index is 3.12. The monoisotopic (exact) mass is 254 g/mol. The fraction of sp³-hybridized carbons (Fsp3) is 0.333. The maximum Gasteiger partial charge on any atom is 0.326 e. The molecule has 4 nitrogen and oxygen atoms in total. The number of carboxylic acid groups (broad SMARTS) is 1. The Morgan fingerprint density at radius 1 is 1.39 bits per heavy atom. The second-order valence-electron chi connectivity index (χ2n) is 4.13. The van der Waals surface area contributed by atoms with Crippen molar-refractivity contribution in [3.63, 3.8) is 0 Å². The molecule has 96 valence electrons. The van der Waals surface area contributed by atoms with Crippen LogP contribution in [0.2, 0.25) is 0 Å². The van der Waals surface area contributed by atoms with E-state index in [1.165, 1.54) is 0 Å². The molecule has 18 heavy (non-hydrogen) atoms. The van der Waals surface area contributed by atoms with Crippen LogP contribution in [0.3, 0.4) is 0 Å². The maximum absolute atomic E-state index is 13.5. The number of rotatable bonds is 4. The van der Waals surface area contributed by atoms with E-state index in [2.05, 4.69) is 5.32 Å². The van der Waals surface area contributed by atoms with Gasteiger partial charge in [-0.1, -0.05) is 13.8 Å². The lowest BCUT2D eigenvalue weighted by Gasteiger charge is -2.19. The number of nitrogens with zero attached hydrogens (tertiary/aromatic N) is 1. The van der Waals surface area contributed by atoms with Crippen LogP contribution in [0.25, 0.3) is 0 Å². The van der Waals surface area contributed by atoms with E-state index in [0.717, 1.165) is 12.1 Å². The van der Waals surface area contributed by atoms with Crippen LogP contribution in [0, 0.1) is 28.9 Å². The summed E-state index contributed by atoms with van der Waals surface area (Å²) in [6.45, 7) is 3.23. The summed E-state index contributed by atoms with van der Waals surface area (Å²) < 4.78 is 27.1. The summed E-state index contributed by atoms with van der Waals surface area (Å²) in [4.78, 5) is 10.9. The molecule has 1 aromatic rings. The lowest BCUT2D eigenvalue weighted by atomic mass is 10.0. The molecule has 0 saturated carbocycles. The van der Waals surface area contributed by atoms with Crippen molar-refractivity contribution in [2.45, 2.75) is 19.9 Å². The zero-order valence-corrected chi connectivity index (χ0v) is 9.87. The first-order valence-electron chi connectivity index (χ1n) is 5.25. The Hall–Kier alpha value is -2.16. The van der Waals surface area contributed by atoms with Crippen LogP contribution in [0.4, 0.5) is 14.5 Å². The van der Waals surface area contributed by atoms with Crippen LogP contribution >= 0.6 is 0 Å². The molecule has 1 rings (SSSR count). The maximum atomic E-state index is 13.5. The van der Waals surface area contributed by atoms with Crippen LogP contribution in [-0.4, -0.2) is 17.1 Å². The topological polar surface area (TPSA) is 73.1 Å². The number of nitriles is 1. The van der Waals surface area contributed by atoms with Gasteiger partial charge in [0.25, 0.3) is 0 Å². The number of halogens is 2. The molecule has 0 saturated heterocycles. The Labute approximate surface area is 103 Å². The van der Waals surface area contributed by atoms with Gasteiger partial charge in [0.2, 0.25) is 0 Å². The molecular formula is C12H12F2N2O2. The first-order chi connectivity index (χ1) is 8.36. The van der Waals surface area contributed by atoms with Crippen molar-refractivity contribution in [1.29, 1.82) is 5.26 Å². The van der Waals surface area contributed by atoms with Crippen molar-refractivity contribution < 1.29 is 18.7 Å². The Kier molecular flexibility index (Phi) is 4.21. The highest BCUT2D eigenvalue weighted by Crippen LogP contribution is 2.22. The lowest BCUT2D eigenvalue weighted by molar-refractivity contribution is -0.138. The third-order valence-electron chi connectivity index (χ3n) is 2.40. The molecular weight excluding hydrogens is 242 g/mol. The average Bonchev–Trinajstić information content (AvgIpc) is 2.26. The number of hydrogen-bond acceptors (Lipinski definition) is 3. The molecule has 0 heterocycles. The fourth-order valence-electron chi connectivity index (χ4n) is 1.44. The van der Waals surface area contributed by atoms with Crippen molar-refractivity contribution in [3.8, 4) is 6.07 Å². The zero-order valence-electron chi connectivity index (χ0n) is 9.87. The predicted octanol–water partition coefficient (Wildman–Crippen LogP) is 2.36. The van der Waals surface area contributed by atoms with Crippen LogP contribution < -0.4 is 5.32 Å². The summed E-state index contributed by atoms with van der Waals surface area (Å²) in [6, 6.07) is 2.20. The molecule has 2 N–H and O–H groups in total. The standard InChI is InChI=1S/C12H12F2N2O2/c1-6(2)10(12(17)18)16-11-8(13)3-7(5-15)4-9(11)14/h3-4,6,10,16H,1-2H3,(H,17,18). The van der Waals surface area contributed by atoms with E-state index < -0.39 is 29.3 Å². The van der Waals surface area contributed by atoms with E-state index in [0.29, 0.717) is 0 Å². The van der Waals surface area contributed by atoms with Crippen molar-refractivity contribution in [2.24, 2.45) is 5.92 Å². The summed E-state index contributed by atoms with van der Waals surface area (Å²) in [5.41, 5.74) is -0.693. The van der Waals surface area contributed by atoms with Gasteiger partial charge in [-0.25, -0.2) is 13.6 Å². The smallest absolute Gasteiger partial charge is 0.326 e. The van der Waals surface area contributed by atoms with Gasteiger partial charge in [0.1, 0.15) is 11.7 Å². The van der Waals surface area contributed by atoms with Gasteiger partial charge in [0.15, 0.2) is 11.6 Å². The number of benzene rings is 1. The van der Waals surface area contributed by atoms with Crippen molar-refractivity contribution in [1.82, 2.24) is 0 Å². The number of carboxylic acids is 1. The van der Waals surface area contributed by atoms with E-state index in [1.807, 2.05) is 0 Å². The Bertz CT molecular complexity index is 486. The number of carbonyl (C=O) groups is 1. The minimum absolute atomic E-state index is 0.160. The third kappa shape index (κ3) is 2.94. The highest BCUT2D eigenvalue weighted by molar-refractivity contribution is 5.77. The molecule has 0 amide bonds. The predicted molar refractivity (Wildman–Crippen MR) is 61.0 cm³/mol.